The third-order valence-corrected chi connectivity index (χ3v) is 3.06. The second-order valence-electron chi connectivity index (χ2n) is 4.80. The van der Waals surface area contributed by atoms with E-state index in [4.69, 9.17) is 10.00 Å². The van der Waals surface area contributed by atoms with Crippen molar-refractivity contribution in [2.45, 2.75) is 27.2 Å². The van der Waals surface area contributed by atoms with Crippen molar-refractivity contribution < 1.29 is 4.74 Å². The first kappa shape index (κ1) is 14.0. The third kappa shape index (κ3) is 2.77. The number of nitrogens with zero attached hydrogens (tertiary/aromatic N) is 3. The van der Waals surface area contributed by atoms with E-state index < -0.39 is 0 Å². The highest BCUT2D eigenvalue weighted by Gasteiger charge is 2.13. The molecular weight excluding hydrogens is 250 g/mol. The Kier molecular flexibility index (Phi) is 3.99. The van der Waals surface area contributed by atoms with Gasteiger partial charge in [-0.2, -0.15) is 5.26 Å². The first-order valence-corrected chi connectivity index (χ1v) is 6.42. The summed E-state index contributed by atoms with van der Waals surface area (Å²) in [5.41, 5.74) is 4.86. The lowest BCUT2D eigenvalue weighted by atomic mass is 10.0. The standard InChI is InChI=1S/C16H17N3O/c1-10-7-11(2)16(14(8-10)20-4)13-9-12(3)18-15(19-13)5-6-17/h7-9H,5H2,1-4H3. The highest BCUT2D eigenvalue weighted by atomic mass is 16.5. The molecule has 20 heavy (non-hydrogen) atoms. The Bertz CT molecular complexity index is 687. The van der Waals surface area contributed by atoms with Crippen LogP contribution in [0.2, 0.25) is 0 Å². The number of rotatable bonds is 3. The fourth-order valence-corrected chi connectivity index (χ4v) is 2.33. The van der Waals surface area contributed by atoms with Gasteiger partial charge >= 0.3 is 0 Å². The fraction of sp³-hybridized carbons (Fsp3) is 0.312. The normalized spacial score (nSPS) is 10.2. The Morgan fingerprint density at radius 3 is 2.55 bits per heavy atom. The van der Waals surface area contributed by atoms with Gasteiger partial charge in [-0.05, 0) is 44.0 Å². The van der Waals surface area contributed by atoms with Gasteiger partial charge in [0.1, 0.15) is 11.6 Å². The Balaban J connectivity index is 2.65. The molecule has 1 heterocycles. The van der Waals surface area contributed by atoms with Gasteiger partial charge in [-0.25, -0.2) is 9.97 Å². The van der Waals surface area contributed by atoms with E-state index in [0.29, 0.717) is 5.82 Å². The molecule has 0 fully saturated rings. The SMILES string of the molecule is COc1cc(C)cc(C)c1-c1cc(C)nc(CC#N)n1. The van der Waals surface area contributed by atoms with Crippen molar-refractivity contribution in [3.8, 4) is 23.1 Å². The van der Waals surface area contributed by atoms with Crippen LogP contribution in [0.15, 0.2) is 18.2 Å². The summed E-state index contributed by atoms with van der Waals surface area (Å²) in [7, 11) is 1.65. The van der Waals surface area contributed by atoms with Gasteiger partial charge in [0, 0.05) is 11.3 Å². The van der Waals surface area contributed by atoms with E-state index in [1.807, 2.05) is 32.9 Å². The number of nitriles is 1. The van der Waals surface area contributed by atoms with Crippen molar-refractivity contribution >= 4 is 0 Å². The summed E-state index contributed by atoms with van der Waals surface area (Å²) < 4.78 is 5.48. The largest absolute Gasteiger partial charge is 0.496 e. The lowest BCUT2D eigenvalue weighted by Gasteiger charge is -2.13. The van der Waals surface area contributed by atoms with Crippen molar-refractivity contribution in [2.75, 3.05) is 7.11 Å². The minimum Gasteiger partial charge on any atom is -0.496 e. The van der Waals surface area contributed by atoms with Gasteiger partial charge in [-0.3, -0.25) is 0 Å². The molecule has 0 saturated carbocycles. The summed E-state index contributed by atoms with van der Waals surface area (Å²) in [4.78, 5) is 8.76. The smallest absolute Gasteiger partial charge is 0.143 e. The van der Waals surface area contributed by atoms with Crippen LogP contribution in [-0.2, 0) is 6.42 Å². The molecule has 1 aromatic carbocycles. The second-order valence-corrected chi connectivity index (χ2v) is 4.80. The van der Waals surface area contributed by atoms with Crippen LogP contribution >= 0.6 is 0 Å². The van der Waals surface area contributed by atoms with Crippen molar-refractivity contribution in [3.05, 3.63) is 40.8 Å². The maximum atomic E-state index is 8.81. The molecule has 2 rings (SSSR count). The van der Waals surface area contributed by atoms with Gasteiger partial charge in [0.15, 0.2) is 0 Å². The van der Waals surface area contributed by atoms with Crippen LogP contribution < -0.4 is 4.74 Å². The summed E-state index contributed by atoms with van der Waals surface area (Å²) in [6.07, 6.45) is 0.210. The molecular formula is C16H17N3O. The monoisotopic (exact) mass is 267 g/mol. The van der Waals surface area contributed by atoms with Crippen molar-refractivity contribution in [1.82, 2.24) is 9.97 Å². The van der Waals surface area contributed by atoms with E-state index in [9.17, 15) is 0 Å². The maximum absolute atomic E-state index is 8.81. The molecule has 2 aromatic rings. The maximum Gasteiger partial charge on any atom is 0.143 e. The van der Waals surface area contributed by atoms with Crippen LogP contribution in [-0.4, -0.2) is 17.1 Å². The minimum absolute atomic E-state index is 0.210. The molecule has 4 heteroatoms. The van der Waals surface area contributed by atoms with Gasteiger partial charge < -0.3 is 4.74 Å². The van der Waals surface area contributed by atoms with Crippen molar-refractivity contribution in [3.63, 3.8) is 0 Å². The molecule has 0 bridgehead atoms. The first-order valence-electron chi connectivity index (χ1n) is 6.42. The quantitative estimate of drug-likeness (QED) is 0.857. The van der Waals surface area contributed by atoms with Crippen molar-refractivity contribution in [2.24, 2.45) is 0 Å². The molecule has 0 radical (unpaired) electrons. The summed E-state index contributed by atoms with van der Waals surface area (Å²) in [6.45, 7) is 5.97. The molecule has 0 aliphatic rings. The van der Waals surface area contributed by atoms with E-state index >= 15 is 0 Å². The van der Waals surface area contributed by atoms with Crippen LogP contribution in [0, 0.1) is 32.1 Å². The van der Waals surface area contributed by atoms with Gasteiger partial charge in [0.25, 0.3) is 0 Å². The van der Waals surface area contributed by atoms with E-state index in [0.717, 1.165) is 33.8 Å². The number of methoxy groups -OCH3 is 1. The Morgan fingerprint density at radius 1 is 1.15 bits per heavy atom. The molecule has 0 atom stereocenters. The zero-order valence-electron chi connectivity index (χ0n) is 12.2. The first-order chi connectivity index (χ1) is 9.55. The number of hydrogen-bond donors (Lipinski definition) is 0. The molecule has 0 saturated heterocycles. The lowest BCUT2D eigenvalue weighted by molar-refractivity contribution is 0.415. The number of aromatic nitrogens is 2. The molecule has 4 nitrogen and oxygen atoms in total. The predicted octanol–water partition coefficient (Wildman–Crippen LogP) is 3.14. The van der Waals surface area contributed by atoms with Crippen LogP contribution in [0.5, 0.6) is 5.75 Å². The van der Waals surface area contributed by atoms with Gasteiger partial charge in [0.2, 0.25) is 0 Å². The number of ether oxygens (including phenoxy) is 1. The van der Waals surface area contributed by atoms with Crippen LogP contribution in [0.25, 0.3) is 11.3 Å². The molecule has 0 aliphatic carbocycles. The van der Waals surface area contributed by atoms with E-state index in [-0.39, 0.29) is 6.42 Å². The summed E-state index contributed by atoms with van der Waals surface area (Å²) >= 11 is 0. The molecule has 0 spiro atoms. The minimum atomic E-state index is 0.210. The summed E-state index contributed by atoms with van der Waals surface area (Å²) in [5.74, 6) is 1.34. The second kappa shape index (κ2) is 5.70. The number of aryl methyl sites for hydroxylation is 3. The average molecular weight is 267 g/mol. The van der Waals surface area contributed by atoms with Crippen molar-refractivity contribution in [1.29, 1.82) is 5.26 Å². The van der Waals surface area contributed by atoms with E-state index in [2.05, 4.69) is 22.1 Å². The molecule has 0 unspecified atom stereocenters. The molecule has 0 amide bonds. The van der Waals surface area contributed by atoms with Crippen LogP contribution in [0.4, 0.5) is 0 Å². The Morgan fingerprint density at radius 2 is 1.90 bits per heavy atom. The molecule has 102 valence electrons. The van der Waals surface area contributed by atoms with Gasteiger partial charge in [-0.1, -0.05) is 6.07 Å². The van der Waals surface area contributed by atoms with E-state index in [1.165, 1.54) is 0 Å². The zero-order valence-corrected chi connectivity index (χ0v) is 12.2. The van der Waals surface area contributed by atoms with Gasteiger partial charge in [-0.15, -0.1) is 0 Å². The zero-order chi connectivity index (χ0) is 14.7. The molecule has 0 N–H and O–H groups in total. The molecule has 1 aromatic heterocycles. The summed E-state index contributed by atoms with van der Waals surface area (Å²) in [6, 6.07) is 8.09. The topological polar surface area (TPSA) is 58.8 Å². The predicted molar refractivity (Wildman–Crippen MR) is 77.5 cm³/mol. The Hall–Kier alpha value is -2.41. The van der Waals surface area contributed by atoms with Crippen LogP contribution in [0.1, 0.15) is 22.6 Å². The fourth-order valence-electron chi connectivity index (χ4n) is 2.33. The third-order valence-electron chi connectivity index (χ3n) is 3.06. The Labute approximate surface area is 119 Å². The van der Waals surface area contributed by atoms with Crippen LogP contribution in [0.3, 0.4) is 0 Å². The summed E-state index contributed by atoms with van der Waals surface area (Å²) in [5, 5.41) is 8.81. The number of benzene rings is 1. The van der Waals surface area contributed by atoms with Gasteiger partial charge in [0.05, 0.1) is 25.3 Å². The lowest BCUT2D eigenvalue weighted by Crippen LogP contribution is -2.01. The highest BCUT2D eigenvalue weighted by molar-refractivity contribution is 5.72. The number of hydrogen-bond acceptors (Lipinski definition) is 4. The average Bonchev–Trinajstić information content (AvgIpc) is 2.37. The molecule has 0 aliphatic heterocycles. The highest BCUT2D eigenvalue weighted by Crippen LogP contribution is 2.33. The van der Waals surface area contributed by atoms with E-state index in [1.54, 1.807) is 7.11 Å².